The van der Waals surface area contributed by atoms with Crippen molar-refractivity contribution in [1.29, 1.82) is 0 Å². The van der Waals surface area contributed by atoms with Gasteiger partial charge < -0.3 is 10.6 Å². The third kappa shape index (κ3) is 3.95. The summed E-state index contributed by atoms with van der Waals surface area (Å²) in [6.07, 6.45) is 3.87. The topological polar surface area (TPSA) is 54.0 Å². The number of hydrogen-bond donors (Lipinski definition) is 2. The number of aromatic nitrogens is 1. The van der Waals surface area contributed by atoms with Crippen molar-refractivity contribution in [2.45, 2.75) is 26.7 Å². The number of benzene rings is 1. The lowest BCUT2D eigenvalue weighted by atomic mass is 10.1. The molecule has 0 atom stereocenters. The van der Waals surface area contributed by atoms with E-state index in [1.807, 2.05) is 30.3 Å². The minimum atomic E-state index is -0.162. The Labute approximate surface area is 119 Å². The number of hydrogen-bond acceptors (Lipinski definition) is 2. The number of fused-ring (bicyclic) bond motifs is 1. The van der Waals surface area contributed by atoms with Gasteiger partial charge in [-0.25, -0.2) is 4.79 Å². The van der Waals surface area contributed by atoms with Crippen LogP contribution < -0.4 is 10.6 Å². The molecule has 0 radical (unpaired) electrons. The molecule has 0 fully saturated rings. The summed E-state index contributed by atoms with van der Waals surface area (Å²) in [5, 5.41) is 6.71. The number of anilines is 1. The lowest BCUT2D eigenvalue weighted by Gasteiger charge is -2.10. The number of nitrogens with zero attached hydrogens (tertiary/aromatic N) is 1. The predicted molar refractivity (Wildman–Crippen MR) is 82.8 cm³/mol. The number of carbonyl (C=O) groups is 1. The van der Waals surface area contributed by atoms with Crippen LogP contribution in [0, 0.1) is 5.92 Å². The van der Waals surface area contributed by atoms with Crippen LogP contribution in [0.2, 0.25) is 0 Å². The zero-order valence-electron chi connectivity index (χ0n) is 12.0. The number of nitrogens with one attached hydrogen (secondary N) is 2. The number of carbonyl (C=O) groups excluding carboxylic acids is 1. The van der Waals surface area contributed by atoms with Gasteiger partial charge in [-0.05, 0) is 43.0 Å². The standard InChI is InChI=1S/C16H21N3O/c1-12(2)6-4-11-18-16(20)19-15-9-3-8-14-13(15)7-5-10-17-14/h3,5,7-10,12H,4,6,11H2,1-2H3,(H2,18,19,20). The largest absolute Gasteiger partial charge is 0.338 e. The van der Waals surface area contributed by atoms with Gasteiger partial charge in [0.25, 0.3) is 0 Å². The Balaban J connectivity index is 1.93. The number of rotatable bonds is 5. The third-order valence-electron chi connectivity index (χ3n) is 3.14. The highest BCUT2D eigenvalue weighted by Gasteiger charge is 2.05. The molecule has 2 amide bonds. The molecule has 4 heteroatoms. The van der Waals surface area contributed by atoms with Crippen molar-refractivity contribution < 1.29 is 4.79 Å². The van der Waals surface area contributed by atoms with Gasteiger partial charge in [0, 0.05) is 18.1 Å². The SMILES string of the molecule is CC(C)CCCNC(=O)Nc1cccc2ncccc12. The number of urea groups is 1. The van der Waals surface area contributed by atoms with Gasteiger partial charge in [-0.3, -0.25) is 4.98 Å². The van der Waals surface area contributed by atoms with Crippen molar-refractivity contribution in [1.82, 2.24) is 10.3 Å². The molecule has 2 aromatic rings. The van der Waals surface area contributed by atoms with Crippen molar-refractivity contribution in [3.8, 4) is 0 Å². The van der Waals surface area contributed by atoms with Gasteiger partial charge in [0.2, 0.25) is 0 Å². The van der Waals surface area contributed by atoms with Crippen molar-refractivity contribution in [2.24, 2.45) is 5.92 Å². The summed E-state index contributed by atoms with van der Waals surface area (Å²) >= 11 is 0. The molecule has 0 aliphatic heterocycles. The molecule has 0 saturated heterocycles. The average Bonchev–Trinajstić information content (AvgIpc) is 2.44. The first kappa shape index (κ1) is 14.3. The van der Waals surface area contributed by atoms with Crippen LogP contribution in [0.4, 0.5) is 10.5 Å². The predicted octanol–water partition coefficient (Wildman–Crippen LogP) is 3.79. The lowest BCUT2D eigenvalue weighted by molar-refractivity contribution is 0.251. The van der Waals surface area contributed by atoms with E-state index in [0.29, 0.717) is 12.5 Å². The molecule has 1 heterocycles. The molecular formula is C16H21N3O. The van der Waals surface area contributed by atoms with E-state index < -0.39 is 0 Å². The fourth-order valence-electron chi connectivity index (χ4n) is 2.09. The van der Waals surface area contributed by atoms with Crippen LogP contribution in [0.15, 0.2) is 36.5 Å². The second kappa shape index (κ2) is 6.89. The molecule has 0 spiro atoms. The summed E-state index contributed by atoms with van der Waals surface area (Å²) < 4.78 is 0. The first-order valence-corrected chi connectivity index (χ1v) is 7.05. The highest BCUT2D eigenvalue weighted by molar-refractivity contribution is 6.00. The molecule has 0 saturated carbocycles. The van der Waals surface area contributed by atoms with Crippen LogP contribution in [0.1, 0.15) is 26.7 Å². The van der Waals surface area contributed by atoms with Gasteiger partial charge in [0.05, 0.1) is 11.2 Å². The maximum absolute atomic E-state index is 11.9. The number of pyridine rings is 1. The van der Waals surface area contributed by atoms with E-state index in [4.69, 9.17) is 0 Å². The van der Waals surface area contributed by atoms with E-state index in [0.717, 1.165) is 29.4 Å². The molecule has 1 aromatic carbocycles. The van der Waals surface area contributed by atoms with Crippen molar-refractivity contribution in [3.05, 3.63) is 36.5 Å². The second-order valence-corrected chi connectivity index (χ2v) is 5.29. The first-order chi connectivity index (χ1) is 9.66. The minimum Gasteiger partial charge on any atom is -0.338 e. The van der Waals surface area contributed by atoms with Gasteiger partial charge in [-0.1, -0.05) is 19.9 Å². The molecule has 20 heavy (non-hydrogen) atoms. The first-order valence-electron chi connectivity index (χ1n) is 7.05. The van der Waals surface area contributed by atoms with E-state index in [1.54, 1.807) is 6.20 Å². The molecule has 0 aliphatic rings. The van der Waals surface area contributed by atoms with Gasteiger partial charge in [-0.15, -0.1) is 0 Å². The third-order valence-corrected chi connectivity index (χ3v) is 3.14. The maximum atomic E-state index is 11.9. The summed E-state index contributed by atoms with van der Waals surface area (Å²) in [5.74, 6) is 0.670. The zero-order chi connectivity index (χ0) is 14.4. The summed E-state index contributed by atoms with van der Waals surface area (Å²) in [5.41, 5.74) is 1.67. The van der Waals surface area contributed by atoms with Crippen LogP contribution in [-0.2, 0) is 0 Å². The molecule has 106 valence electrons. The summed E-state index contributed by atoms with van der Waals surface area (Å²) in [6.45, 7) is 5.07. The zero-order valence-corrected chi connectivity index (χ0v) is 12.0. The van der Waals surface area contributed by atoms with E-state index in [1.165, 1.54) is 0 Å². The molecule has 4 nitrogen and oxygen atoms in total. The second-order valence-electron chi connectivity index (χ2n) is 5.29. The van der Waals surface area contributed by atoms with Crippen molar-refractivity contribution in [3.63, 3.8) is 0 Å². The molecule has 1 aromatic heterocycles. The van der Waals surface area contributed by atoms with E-state index >= 15 is 0 Å². The van der Waals surface area contributed by atoms with Gasteiger partial charge in [-0.2, -0.15) is 0 Å². The molecule has 0 unspecified atom stereocenters. The van der Waals surface area contributed by atoms with Gasteiger partial charge in [0.1, 0.15) is 0 Å². The van der Waals surface area contributed by atoms with E-state index in [-0.39, 0.29) is 6.03 Å². The highest BCUT2D eigenvalue weighted by Crippen LogP contribution is 2.20. The van der Waals surface area contributed by atoms with E-state index in [2.05, 4.69) is 29.5 Å². The Kier molecular flexibility index (Phi) is 4.93. The summed E-state index contributed by atoms with van der Waals surface area (Å²) in [4.78, 5) is 16.1. The maximum Gasteiger partial charge on any atom is 0.319 e. The molecule has 0 bridgehead atoms. The average molecular weight is 271 g/mol. The normalized spacial score (nSPS) is 10.8. The Morgan fingerprint density at radius 2 is 2.10 bits per heavy atom. The molecule has 2 rings (SSSR count). The minimum absolute atomic E-state index is 0.162. The van der Waals surface area contributed by atoms with Crippen LogP contribution in [0.3, 0.4) is 0 Å². The van der Waals surface area contributed by atoms with E-state index in [9.17, 15) is 4.79 Å². The quantitative estimate of drug-likeness (QED) is 0.813. The Bertz CT molecular complexity index is 575. The Hall–Kier alpha value is -2.10. The number of amides is 2. The smallest absolute Gasteiger partial charge is 0.319 e. The fraction of sp³-hybridized carbons (Fsp3) is 0.375. The molecular weight excluding hydrogens is 250 g/mol. The van der Waals surface area contributed by atoms with Crippen LogP contribution in [0.25, 0.3) is 10.9 Å². The lowest BCUT2D eigenvalue weighted by Crippen LogP contribution is -2.29. The highest BCUT2D eigenvalue weighted by atomic mass is 16.2. The molecule has 2 N–H and O–H groups in total. The van der Waals surface area contributed by atoms with Crippen molar-refractivity contribution >= 4 is 22.6 Å². The summed E-state index contributed by atoms with van der Waals surface area (Å²) in [7, 11) is 0. The monoisotopic (exact) mass is 271 g/mol. The van der Waals surface area contributed by atoms with Gasteiger partial charge >= 0.3 is 6.03 Å². The van der Waals surface area contributed by atoms with Gasteiger partial charge in [0.15, 0.2) is 0 Å². The summed E-state index contributed by atoms with van der Waals surface area (Å²) in [6, 6.07) is 9.37. The Morgan fingerprint density at radius 3 is 2.90 bits per heavy atom. The van der Waals surface area contributed by atoms with Crippen molar-refractivity contribution in [2.75, 3.05) is 11.9 Å². The van der Waals surface area contributed by atoms with Crippen LogP contribution in [-0.4, -0.2) is 17.6 Å². The fourth-order valence-corrected chi connectivity index (χ4v) is 2.09. The van der Waals surface area contributed by atoms with Crippen LogP contribution in [0.5, 0.6) is 0 Å². The Morgan fingerprint density at radius 1 is 1.25 bits per heavy atom. The van der Waals surface area contributed by atoms with Crippen LogP contribution >= 0.6 is 0 Å². The molecule has 0 aliphatic carbocycles.